The number of aromatic amines is 1. The summed E-state index contributed by atoms with van der Waals surface area (Å²) in [6, 6.07) is 2.40. The van der Waals surface area contributed by atoms with Gasteiger partial charge in [0.25, 0.3) is 0 Å². The van der Waals surface area contributed by atoms with E-state index in [4.69, 9.17) is 12.2 Å². The summed E-state index contributed by atoms with van der Waals surface area (Å²) in [5.41, 5.74) is 2.14. The summed E-state index contributed by atoms with van der Waals surface area (Å²) in [4.78, 5) is 9.49. The highest BCUT2D eigenvalue weighted by atomic mass is 32.1. The van der Waals surface area contributed by atoms with Crippen LogP contribution in [0.5, 0.6) is 0 Å². The van der Waals surface area contributed by atoms with Crippen LogP contribution in [0.1, 0.15) is 19.4 Å². The first kappa shape index (κ1) is 12.3. The molecule has 0 fully saturated rings. The number of rotatable bonds is 4. The Morgan fingerprint density at radius 2 is 2.29 bits per heavy atom. The van der Waals surface area contributed by atoms with Crippen molar-refractivity contribution in [3.05, 3.63) is 23.2 Å². The standard InChI is InChI=1S/C12H18N4S/c1-9(5-7-15(2)3)16-11-4-6-13-8-10(11)14-12(16)17/h4,6,8-9H,5,7H2,1-3H3,(H,14,17). The molecule has 1 atom stereocenters. The number of imidazole rings is 1. The predicted octanol–water partition coefficient (Wildman–Crippen LogP) is 2.61. The van der Waals surface area contributed by atoms with Crippen LogP contribution < -0.4 is 0 Å². The van der Waals surface area contributed by atoms with Crippen LogP contribution in [0.4, 0.5) is 0 Å². The first-order chi connectivity index (χ1) is 8.09. The highest BCUT2D eigenvalue weighted by Crippen LogP contribution is 2.20. The third-order valence-electron chi connectivity index (χ3n) is 2.95. The Labute approximate surface area is 106 Å². The van der Waals surface area contributed by atoms with Gasteiger partial charge < -0.3 is 14.5 Å². The average Bonchev–Trinajstić information content (AvgIpc) is 2.61. The summed E-state index contributed by atoms with van der Waals surface area (Å²) in [5.74, 6) is 0. The lowest BCUT2D eigenvalue weighted by molar-refractivity contribution is 0.359. The maximum atomic E-state index is 5.38. The van der Waals surface area contributed by atoms with Crippen LogP contribution in [0, 0.1) is 4.77 Å². The third kappa shape index (κ3) is 2.56. The Morgan fingerprint density at radius 1 is 1.53 bits per heavy atom. The molecule has 5 heteroatoms. The fourth-order valence-corrected chi connectivity index (χ4v) is 2.38. The molecule has 0 aliphatic heterocycles. The fraction of sp³-hybridized carbons (Fsp3) is 0.500. The number of hydrogen-bond donors (Lipinski definition) is 1. The van der Waals surface area contributed by atoms with Crippen molar-refractivity contribution < 1.29 is 0 Å². The highest BCUT2D eigenvalue weighted by Gasteiger charge is 2.10. The van der Waals surface area contributed by atoms with Crippen LogP contribution in [0.25, 0.3) is 11.0 Å². The lowest BCUT2D eigenvalue weighted by Crippen LogP contribution is -2.17. The predicted molar refractivity (Wildman–Crippen MR) is 72.8 cm³/mol. The topological polar surface area (TPSA) is 36.9 Å². The van der Waals surface area contributed by atoms with Crippen molar-refractivity contribution in [3.8, 4) is 0 Å². The molecule has 0 radical (unpaired) electrons. The zero-order valence-electron chi connectivity index (χ0n) is 10.5. The SMILES string of the molecule is CC(CCN(C)C)n1c(=S)[nH]c2cnccc21. The molecular formula is C12H18N4S. The zero-order valence-corrected chi connectivity index (χ0v) is 11.3. The molecule has 2 aromatic rings. The number of nitrogens with one attached hydrogen (secondary N) is 1. The van der Waals surface area contributed by atoms with Crippen molar-refractivity contribution in [2.45, 2.75) is 19.4 Å². The van der Waals surface area contributed by atoms with Crippen LogP contribution in [0.15, 0.2) is 18.5 Å². The molecule has 0 saturated heterocycles. The van der Waals surface area contributed by atoms with Gasteiger partial charge in [0.05, 0.1) is 17.2 Å². The second kappa shape index (κ2) is 4.98. The van der Waals surface area contributed by atoms with E-state index in [0.717, 1.165) is 28.8 Å². The van der Waals surface area contributed by atoms with E-state index >= 15 is 0 Å². The Morgan fingerprint density at radius 3 is 3.00 bits per heavy atom. The van der Waals surface area contributed by atoms with Crippen molar-refractivity contribution in [3.63, 3.8) is 0 Å². The smallest absolute Gasteiger partial charge is 0.178 e. The van der Waals surface area contributed by atoms with E-state index in [0.29, 0.717) is 6.04 Å². The minimum atomic E-state index is 0.390. The molecule has 17 heavy (non-hydrogen) atoms. The molecule has 0 saturated carbocycles. The Kier molecular flexibility index (Phi) is 3.59. The summed E-state index contributed by atoms with van der Waals surface area (Å²) in [5, 5.41) is 0. The van der Waals surface area contributed by atoms with Crippen LogP contribution in [-0.2, 0) is 0 Å². The Bertz CT molecular complexity index is 555. The average molecular weight is 250 g/mol. The summed E-state index contributed by atoms with van der Waals surface area (Å²) >= 11 is 5.38. The maximum Gasteiger partial charge on any atom is 0.178 e. The lowest BCUT2D eigenvalue weighted by Gasteiger charge is -2.17. The molecule has 0 amide bonds. The van der Waals surface area contributed by atoms with Crippen LogP contribution in [0.2, 0.25) is 0 Å². The van der Waals surface area contributed by atoms with Gasteiger partial charge in [-0.15, -0.1) is 0 Å². The van der Waals surface area contributed by atoms with Crippen molar-refractivity contribution in [2.75, 3.05) is 20.6 Å². The minimum absolute atomic E-state index is 0.390. The quantitative estimate of drug-likeness (QED) is 0.847. The Hall–Kier alpha value is -1.20. The van der Waals surface area contributed by atoms with Gasteiger partial charge in [-0.2, -0.15) is 0 Å². The first-order valence-electron chi connectivity index (χ1n) is 5.78. The van der Waals surface area contributed by atoms with Crippen molar-refractivity contribution in [2.24, 2.45) is 0 Å². The maximum absolute atomic E-state index is 5.38. The molecule has 2 rings (SSSR count). The van der Waals surface area contributed by atoms with Crippen molar-refractivity contribution >= 4 is 23.3 Å². The summed E-state index contributed by atoms with van der Waals surface area (Å²) in [7, 11) is 4.18. The van der Waals surface area contributed by atoms with Gasteiger partial charge in [-0.1, -0.05) is 0 Å². The van der Waals surface area contributed by atoms with Crippen LogP contribution >= 0.6 is 12.2 Å². The molecule has 0 aliphatic carbocycles. The summed E-state index contributed by atoms with van der Waals surface area (Å²) in [6.45, 7) is 3.26. The van der Waals surface area contributed by atoms with E-state index in [1.807, 2.05) is 12.3 Å². The van der Waals surface area contributed by atoms with Gasteiger partial charge in [-0.25, -0.2) is 0 Å². The van der Waals surface area contributed by atoms with Crippen molar-refractivity contribution in [1.29, 1.82) is 0 Å². The molecule has 92 valence electrons. The van der Waals surface area contributed by atoms with Gasteiger partial charge in [0.2, 0.25) is 0 Å². The zero-order chi connectivity index (χ0) is 12.4. The fourth-order valence-electron chi connectivity index (χ4n) is 1.99. The number of aromatic nitrogens is 3. The second-order valence-corrected chi connectivity index (χ2v) is 5.02. The minimum Gasteiger partial charge on any atom is -0.329 e. The van der Waals surface area contributed by atoms with E-state index in [1.165, 1.54) is 0 Å². The molecule has 2 heterocycles. The van der Waals surface area contributed by atoms with Gasteiger partial charge in [0, 0.05) is 12.2 Å². The van der Waals surface area contributed by atoms with Gasteiger partial charge in [-0.05, 0) is 52.3 Å². The molecule has 1 unspecified atom stereocenters. The number of fused-ring (bicyclic) bond motifs is 1. The van der Waals surface area contributed by atoms with E-state index in [1.54, 1.807) is 6.20 Å². The summed E-state index contributed by atoms with van der Waals surface area (Å²) < 4.78 is 2.95. The van der Waals surface area contributed by atoms with E-state index in [-0.39, 0.29) is 0 Å². The monoisotopic (exact) mass is 250 g/mol. The van der Waals surface area contributed by atoms with E-state index in [2.05, 4.69) is 40.5 Å². The first-order valence-corrected chi connectivity index (χ1v) is 6.19. The molecule has 0 spiro atoms. The molecule has 4 nitrogen and oxygen atoms in total. The van der Waals surface area contributed by atoms with Crippen LogP contribution in [-0.4, -0.2) is 40.1 Å². The second-order valence-electron chi connectivity index (χ2n) is 4.63. The molecule has 2 aromatic heterocycles. The molecule has 1 N–H and O–H groups in total. The highest BCUT2D eigenvalue weighted by molar-refractivity contribution is 7.71. The Balaban J connectivity index is 2.34. The molecular weight excluding hydrogens is 232 g/mol. The normalized spacial score (nSPS) is 13.4. The van der Waals surface area contributed by atoms with Gasteiger partial charge in [0.1, 0.15) is 0 Å². The summed E-state index contributed by atoms with van der Waals surface area (Å²) in [6.07, 6.45) is 4.71. The van der Waals surface area contributed by atoms with Crippen molar-refractivity contribution in [1.82, 2.24) is 19.4 Å². The number of nitrogens with zero attached hydrogens (tertiary/aromatic N) is 3. The van der Waals surface area contributed by atoms with Crippen LogP contribution in [0.3, 0.4) is 0 Å². The van der Waals surface area contributed by atoms with E-state index in [9.17, 15) is 0 Å². The molecule has 0 aliphatic rings. The lowest BCUT2D eigenvalue weighted by atomic mass is 10.2. The number of hydrogen-bond acceptors (Lipinski definition) is 3. The van der Waals surface area contributed by atoms with Gasteiger partial charge in [0.15, 0.2) is 4.77 Å². The molecule has 0 aromatic carbocycles. The molecule has 0 bridgehead atoms. The van der Waals surface area contributed by atoms with Gasteiger partial charge in [-0.3, -0.25) is 4.98 Å². The largest absolute Gasteiger partial charge is 0.329 e. The van der Waals surface area contributed by atoms with Gasteiger partial charge >= 0.3 is 0 Å². The van der Waals surface area contributed by atoms with E-state index < -0.39 is 0 Å². The number of pyridine rings is 1. The third-order valence-corrected chi connectivity index (χ3v) is 3.25. The number of H-pyrrole nitrogens is 1.